The Morgan fingerprint density at radius 2 is 2.08 bits per heavy atom. The Labute approximate surface area is 145 Å². The topological polar surface area (TPSA) is 82.5 Å². The number of nitrogens with zero attached hydrogens (tertiary/aromatic N) is 2. The third-order valence-electron chi connectivity index (χ3n) is 5.89. The first-order valence-electron chi connectivity index (χ1n) is 8.86. The molecule has 3 aliphatic rings. The third kappa shape index (κ3) is 2.59. The van der Waals surface area contributed by atoms with E-state index in [-0.39, 0.29) is 11.9 Å². The highest BCUT2D eigenvalue weighted by Crippen LogP contribution is 2.49. The fourth-order valence-corrected chi connectivity index (χ4v) is 5.59. The molecule has 2 aliphatic carbocycles. The summed E-state index contributed by atoms with van der Waals surface area (Å²) < 4.78 is 0. The Hall–Kier alpha value is -1.63. The van der Waals surface area contributed by atoms with Crippen LogP contribution in [0, 0.1) is 11.3 Å². The van der Waals surface area contributed by atoms with Crippen molar-refractivity contribution in [1.82, 2.24) is 9.88 Å². The maximum Gasteiger partial charge on any atom is 0.323 e. The molecule has 7 heteroatoms. The first-order valence-corrected chi connectivity index (χ1v) is 9.68. The number of carboxylic acids is 1. The lowest BCUT2D eigenvalue weighted by atomic mass is 9.81. The predicted molar refractivity (Wildman–Crippen MR) is 91.4 cm³/mol. The van der Waals surface area contributed by atoms with E-state index in [2.05, 4.69) is 10.3 Å². The third-order valence-corrected chi connectivity index (χ3v) is 6.97. The number of anilines is 1. The number of nitrogens with one attached hydrogen (secondary N) is 1. The van der Waals surface area contributed by atoms with Gasteiger partial charge in [0.25, 0.3) is 0 Å². The van der Waals surface area contributed by atoms with Crippen LogP contribution >= 0.6 is 11.3 Å². The Bertz CT molecular complexity index is 651. The molecule has 130 valence electrons. The molecule has 6 nitrogen and oxygen atoms in total. The van der Waals surface area contributed by atoms with Gasteiger partial charge in [0.05, 0.1) is 11.1 Å². The van der Waals surface area contributed by atoms with Gasteiger partial charge in [-0.1, -0.05) is 12.8 Å². The largest absolute Gasteiger partial charge is 0.481 e. The molecule has 2 fully saturated rings. The van der Waals surface area contributed by atoms with E-state index >= 15 is 0 Å². The highest BCUT2D eigenvalue weighted by molar-refractivity contribution is 7.15. The first-order chi connectivity index (χ1) is 11.6. The zero-order valence-electron chi connectivity index (χ0n) is 13.7. The zero-order chi connectivity index (χ0) is 16.7. The Morgan fingerprint density at radius 3 is 2.88 bits per heavy atom. The van der Waals surface area contributed by atoms with E-state index in [4.69, 9.17) is 0 Å². The molecule has 0 bridgehead atoms. The second kappa shape index (κ2) is 6.02. The Balaban J connectivity index is 1.45. The van der Waals surface area contributed by atoms with E-state index in [1.165, 1.54) is 24.1 Å². The van der Waals surface area contributed by atoms with Crippen molar-refractivity contribution in [3.05, 3.63) is 10.6 Å². The average Bonchev–Trinajstić information content (AvgIpc) is 3.16. The van der Waals surface area contributed by atoms with Crippen molar-refractivity contribution in [3.8, 4) is 0 Å². The maximum atomic E-state index is 12.6. The Morgan fingerprint density at radius 1 is 1.25 bits per heavy atom. The van der Waals surface area contributed by atoms with Gasteiger partial charge in [-0.25, -0.2) is 9.78 Å². The summed E-state index contributed by atoms with van der Waals surface area (Å²) in [6.07, 6.45) is 8.19. The second-order valence-corrected chi connectivity index (χ2v) is 8.39. The lowest BCUT2D eigenvalue weighted by molar-refractivity contribution is -0.149. The fraction of sp³-hybridized carbons (Fsp3) is 0.706. The summed E-state index contributed by atoms with van der Waals surface area (Å²) in [7, 11) is 0. The number of aromatic nitrogens is 1. The predicted octanol–water partition coefficient (Wildman–Crippen LogP) is 3.13. The van der Waals surface area contributed by atoms with Crippen molar-refractivity contribution in [2.45, 2.75) is 51.4 Å². The van der Waals surface area contributed by atoms with E-state index in [0.29, 0.717) is 24.6 Å². The van der Waals surface area contributed by atoms with Crippen LogP contribution in [-0.2, 0) is 17.6 Å². The molecule has 24 heavy (non-hydrogen) atoms. The van der Waals surface area contributed by atoms with Gasteiger partial charge in [0.15, 0.2) is 5.13 Å². The number of carboxylic acid groups (broad SMARTS) is 1. The highest BCUT2D eigenvalue weighted by Gasteiger charge is 2.55. The van der Waals surface area contributed by atoms with Crippen molar-refractivity contribution in [3.63, 3.8) is 0 Å². The molecule has 2 heterocycles. The maximum absolute atomic E-state index is 12.6. The minimum atomic E-state index is -0.749. The summed E-state index contributed by atoms with van der Waals surface area (Å²) in [5, 5.41) is 13.2. The van der Waals surface area contributed by atoms with Crippen molar-refractivity contribution < 1.29 is 14.7 Å². The molecule has 2 N–H and O–H groups in total. The van der Waals surface area contributed by atoms with Crippen LogP contribution in [0.15, 0.2) is 0 Å². The molecule has 4 rings (SSSR count). The van der Waals surface area contributed by atoms with Gasteiger partial charge in [0, 0.05) is 18.0 Å². The average molecular weight is 349 g/mol. The number of urea groups is 1. The van der Waals surface area contributed by atoms with Gasteiger partial charge in [0.1, 0.15) is 0 Å². The lowest BCUT2D eigenvalue weighted by Gasteiger charge is -2.23. The first kappa shape index (κ1) is 15.9. The smallest absolute Gasteiger partial charge is 0.323 e. The molecule has 1 aliphatic heterocycles. The summed E-state index contributed by atoms with van der Waals surface area (Å²) in [5.41, 5.74) is 0.408. The SMILES string of the molecule is O=C(Nc1nc2c(s1)CCCCC2)N1C[C@@H]2CCC[C@@]2(C(=O)O)C1. The molecule has 0 aromatic carbocycles. The number of aryl methyl sites for hydroxylation is 2. The van der Waals surface area contributed by atoms with E-state index < -0.39 is 11.4 Å². The number of likely N-dealkylation sites (tertiary alicyclic amines) is 1. The number of hydrogen-bond donors (Lipinski definition) is 2. The molecule has 1 aromatic heterocycles. The lowest BCUT2D eigenvalue weighted by Crippen LogP contribution is -2.38. The van der Waals surface area contributed by atoms with Crippen molar-refractivity contribution in [1.29, 1.82) is 0 Å². The summed E-state index contributed by atoms with van der Waals surface area (Å²) in [5.74, 6) is -0.657. The Kier molecular flexibility index (Phi) is 3.98. The molecule has 0 unspecified atom stereocenters. The molecule has 2 amide bonds. The molecule has 1 saturated heterocycles. The minimum Gasteiger partial charge on any atom is -0.481 e. The second-order valence-electron chi connectivity index (χ2n) is 7.31. The number of fused-ring (bicyclic) bond motifs is 2. The van der Waals surface area contributed by atoms with Gasteiger partial charge in [-0.2, -0.15) is 0 Å². The van der Waals surface area contributed by atoms with E-state index in [1.807, 2.05) is 0 Å². The monoisotopic (exact) mass is 349 g/mol. The van der Waals surface area contributed by atoms with Crippen LogP contribution in [0.25, 0.3) is 0 Å². The van der Waals surface area contributed by atoms with Crippen molar-refractivity contribution >= 4 is 28.5 Å². The minimum absolute atomic E-state index is 0.0914. The molecular formula is C17H23N3O3S. The summed E-state index contributed by atoms with van der Waals surface area (Å²) in [4.78, 5) is 31.9. The van der Waals surface area contributed by atoms with Crippen LogP contribution in [-0.4, -0.2) is 40.1 Å². The van der Waals surface area contributed by atoms with Crippen LogP contribution in [0.1, 0.15) is 49.1 Å². The van der Waals surface area contributed by atoms with Gasteiger partial charge >= 0.3 is 12.0 Å². The van der Waals surface area contributed by atoms with Crippen LogP contribution in [0.3, 0.4) is 0 Å². The number of carbonyl (C=O) groups is 2. The van der Waals surface area contributed by atoms with Crippen LogP contribution < -0.4 is 5.32 Å². The fourth-order valence-electron chi connectivity index (χ4n) is 4.55. The van der Waals surface area contributed by atoms with E-state index in [1.54, 1.807) is 16.2 Å². The van der Waals surface area contributed by atoms with Crippen LogP contribution in [0.5, 0.6) is 0 Å². The van der Waals surface area contributed by atoms with Crippen molar-refractivity contribution in [2.24, 2.45) is 11.3 Å². The number of thiazole rings is 1. The van der Waals surface area contributed by atoms with Gasteiger partial charge in [-0.3, -0.25) is 10.1 Å². The quantitative estimate of drug-likeness (QED) is 0.804. The number of rotatable bonds is 2. The van der Waals surface area contributed by atoms with E-state index in [0.717, 1.165) is 31.4 Å². The number of amides is 2. The zero-order valence-corrected chi connectivity index (χ0v) is 14.5. The highest BCUT2D eigenvalue weighted by atomic mass is 32.1. The normalized spacial score (nSPS) is 29.0. The van der Waals surface area contributed by atoms with Crippen molar-refractivity contribution in [2.75, 3.05) is 18.4 Å². The molecular weight excluding hydrogens is 326 g/mol. The standard InChI is InChI=1S/C17H23N3O3S/c21-14(22)17-8-4-5-11(17)9-20(10-17)16(23)19-15-18-12-6-2-1-3-7-13(12)24-15/h11H,1-10H2,(H,21,22)(H,18,19,23)/t11-,17+/m0/s1. The van der Waals surface area contributed by atoms with Gasteiger partial charge in [-0.05, 0) is 44.4 Å². The van der Waals surface area contributed by atoms with Gasteiger partial charge in [-0.15, -0.1) is 11.3 Å². The molecule has 2 atom stereocenters. The molecule has 1 saturated carbocycles. The van der Waals surface area contributed by atoms with Gasteiger partial charge < -0.3 is 10.0 Å². The molecule has 1 aromatic rings. The van der Waals surface area contributed by atoms with E-state index in [9.17, 15) is 14.7 Å². The van der Waals surface area contributed by atoms with Crippen LogP contribution in [0.2, 0.25) is 0 Å². The summed E-state index contributed by atoms with van der Waals surface area (Å²) in [6.45, 7) is 0.868. The number of hydrogen-bond acceptors (Lipinski definition) is 4. The molecule has 0 radical (unpaired) electrons. The number of aliphatic carboxylic acids is 1. The molecule has 0 spiro atoms. The van der Waals surface area contributed by atoms with Gasteiger partial charge in [0.2, 0.25) is 0 Å². The summed E-state index contributed by atoms with van der Waals surface area (Å²) in [6, 6.07) is -0.200. The number of carbonyl (C=O) groups excluding carboxylic acids is 1. The van der Waals surface area contributed by atoms with Crippen LogP contribution in [0.4, 0.5) is 9.93 Å². The summed E-state index contributed by atoms with van der Waals surface area (Å²) >= 11 is 1.58.